The second kappa shape index (κ2) is 10.6. The fourth-order valence-corrected chi connectivity index (χ4v) is 4.56. The van der Waals surface area contributed by atoms with Crippen LogP contribution in [0.1, 0.15) is 34.8 Å². The van der Waals surface area contributed by atoms with Gasteiger partial charge in [0, 0.05) is 10.6 Å². The number of carbonyl (C=O) groups excluding carboxylic acids is 3. The van der Waals surface area contributed by atoms with Crippen LogP contribution in [0.3, 0.4) is 0 Å². The van der Waals surface area contributed by atoms with Crippen LogP contribution in [-0.2, 0) is 14.3 Å². The Morgan fingerprint density at radius 1 is 0.914 bits per heavy atom. The van der Waals surface area contributed by atoms with E-state index in [0.717, 1.165) is 20.9 Å². The minimum absolute atomic E-state index is 0.166. The molecule has 2 amide bonds. The first-order chi connectivity index (χ1) is 16.9. The molecule has 35 heavy (non-hydrogen) atoms. The Bertz CT molecular complexity index is 1320. The van der Waals surface area contributed by atoms with Crippen molar-refractivity contribution >= 4 is 40.9 Å². The van der Waals surface area contributed by atoms with Gasteiger partial charge in [0.05, 0.1) is 17.9 Å². The number of aryl methyl sites for hydroxylation is 2. The van der Waals surface area contributed by atoms with Crippen molar-refractivity contribution in [1.82, 2.24) is 0 Å². The highest BCUT2D eigenvalue weighted by Crippen LogP contribution is 2.39. The molecule has 0 spiro atoms. The Hall–Kier alpha value is -3.84. The summed E-state index contributed by atoms with van der Waals surface area (Å²) < 4.78 is 5.29. The topological polar surface area (TPSA) is 75.7 Å². The average Bonchev–Trinajstić information content (AvgIpc) is 3.09. The maximum absolute atomic E-state index is 13.7. The van der Waals surface area contributed by atoms with Gasteiger partial charge in [-0.25, -0.2) is 9.69 Å². The van der Waals surface area contributed by atoms with E-state index in [4.69, 9.17) is 4.74 Å². The molecule has 3 aromatic carbocycles. The van der Waals surface area contributed by atoms with E-state index in [1.165, 1.54) is 11.8 Å². The van der Waals surface area contributed by atoms with Crippen molar-refractivity contribution in [3.63, 3.8) is 0 Å². The molecule has 1 N–H and O–H groups in total. The summed E-state index contributed by atoms with van der Waals surface area (Å²) in [4.78, 5) is 42.2. The van der Waals surface area contributed by atoms with Gasteiger partial charge < -0.3 is 10.1 Å². The van der Waals surface area contributed by atoms with Crippen LogP contribution in [0.25, 0.3) is 0 Å². The highest BCUT2D eigenvalue weighted by molar-refractivity contribution is 8.04. The van der Waals surface area contributed by atoms with E-state index < -0.39 is 17.8 Å². The van der Waals surface area contributed by atoms with Crippen LogP contribution < -0.4 is 10.2 Å². The molecular formula is C28H26N2O4S. The third kappa shape index (κ3) is 5.15. The first-order valence-corrected chi connectivity index (χ1v) is 12.2. The van der Waals surface area contributed by atoms with E-state index in [0.29, 0.717) is 12.1 Å². The van der Waals surface area contributed by atoms with E-state index in [1.54, 1.807) is 24.3 Å². The molecule has 1 heterocycles. The SMILES string of the molecule is CCCOC(=O)c1ccccc1N1C(=O)C(Nc2ccc(C)c(C)c2)=C(Sc2ccccc2)C1=O. The molecule has 1 aliphatic heterocycles. The van der Waals surface area contributed by atoms with Gasteiger partial charge in [-0.3, -0.25) is 9.59 Å². The minimum Gasteiger partial charge on any atom is -0.462 e. The number of amides is 2. The first-order valence-electron chi connectivity index (χ1n) is 11.4. The summed E-state index contributed by atoms with van der Waals surface area (Å²) in [6.45, 7) is 6.15. The van der Waals surface area contributed by atoms with Crippen molar-refractivity contribution in [2.75, 3.05) is 16.8 Å². The van der Waals surface area contributed by atoms with Crippen molar-refractivity contribution in [3.05, 3.63) is 100 Å². The summed E-state index contributed by atoms with van der Waals surface area (Å²) in [6, 6.07) is 21.7. The van der Waals surface area contributed by atoms with E-state index >= 15 is 0 Å². The molecule has 0 saturated heterocycles. The number of carbonyl (C=O) groups is 3. The molecule has 6 nitrogen and oxygen atoms in total. The lowest BCUT2D eigenvalue weighted by Crippen LogP contribution is -2.33. The molecule has 178 valence electrons. The smallest absolute Gasteiger partial charge is 0.340 e. The highest BCUT2D eigenvalue weighted by atomic mass is 32.2. The number of hydrogen-bond donors (Lipinski definition) is 1. The largest absolute Gasteiger partial charge is 0.462 e. The van der Waals surface area contributed by atoms with Gasteiger partial charge in [0.2, 0.25) is 0 Å². The van der Waals surface area contributed by atoms with Gasteiger partial charge >= 0.3 is 5.97 Å². The van der Waals surface area contributed by atoms with Crippen molar-refractivity contribution < 1.29 is 19.1 Å². The van der Waals surface area contributed by atoms with Gasteiger partial charge in [0.15, 0.2) is 0 Å². The number of ether oxygens (including phenoxy) is 1. The van der Waals surface area contributed by atoms with E-state index in [1.807, 2.05) is 69.3 Å². The molecule has 1 aliphatic rings. The lowest BCUT2D eigenvalue weighted by Gasteiger charge is -2.18. The predicted octanol–water partition coefficient (Wildman–Crippen LogP) is 5.86. The molecule has 7 heteroatoms. The monoisotopic (exact) mass is 486 g/mol. The number of esters is 1. The number of nitrogens with zero attached hydrogens (tertiary/aromatic N) is 1. The van der Waals surface area contributed by atoms with Crippen LogP contribution in [0.2, 0.25) is 0 Å². The van der Waals surface area contributed by atoms with E-state index in [9.17, 15) is 14.4 Å². The quantitative estimate of drug-likeness (QED) is 0.318. The molecule has 4 rings (SSSR count). The molecular weight excluding hydrogens is 460 g/mol. The minimum atomic E-state index is -0.573. The summed E-state index contributed by atoms with van der Waals surface area (Å²) in [5.41, 5.74) is 3.42. The lowest BCUT2D eigenvalue weighted by atomic mass is 10.1. The fraction of sp³-hybridized carbons (Fsp3) is 0.179. The normalized spacial score (nSPS) is 13.4. The number of hydrogen-bond acceptors (Lipinski definition) is 6. The summed E-state index contributed by atoms with van der Waals surface area (Å²) in [7, 11) is 0. The first kappa shape index (κ1) is 24.3. The molecule has 0 aliphatic carbocycles. The van der Waals surface area contributed by atoms with Crippen LogP contribution in [-0.4, -0.2) is 24.4 Å². The van der Waals surface area contributed by atoms with Crippen molar-refractivity contribution in [2.45, 2.75) is 32.1 Å². The molecule has 0 unspecified atom stereocenters. The fourth-order valence-electron chi connectivity index (χ4n) is 3.62. The molecule has 0 fully saturated rings. The third-order valence-electron chi connectivity index (χ3n) is 5.58. The zero-order valence-corrected chi connectivity index (χ0v) is 20.6. The Kier molecular flexibility index (Phi) is 7.36. The molecule has 0 aromatic heterocycles. The number of nitrogens with one attached hydrogen (secondary N) is 1. The van der Waals surface area contributed by atoms with Crippen molar-refractivity contribution in [2.24, 2.45) is 0 Å². The molecule has 3 aromatic rings. The van der Waals surface area contributed by atoms with Gasteiger partial charge in [-0.1, -0.05) is 55.1 Å². The number of benzene rings is 3. The van der Waals surface area contributed by atoms with Gasteiger partial charge in [0.1, 0.15) is 10.6 Å². The second-order valence-corrected chi connectivity index (χ2v) is 9.23. The zero-order chi connectivity index (χ0) is 24.9. The van der Waals surface area contributed by atoms with Gasteiger partial charge in [0.25, 0.3) is 11.8 Å². The summed E-state index contributed by atoms with van der Waals surface area (Å²) in [5.74, 6) is -1.59. The second-order valence-electron chi connectivity index (χ2n) is 8.14. The molecule has 0 saturated carbocycles. The average molecular weight is 487 g/mol. The van der Waals surface area contributed by atoms with Gasteiger partial charge in [-0.15, -0.1) is 0 Å². The molecule has 0 bridgehead atoms. The summed E-state index contributed by atoms with van der Waals surface area (Å²) in [5, 5.41) is 3.17. The zero-order valence-electron chi connectivity index (χ0n) is 19.8. The summed E-state index contributed by atoms with van der Waals surface area (Å²) >= 11 is 1.21. The van der Waals surface area contributed by atoms with Crippen LogP contribution in [0.15, 0.2) is 88.3 Å². The maximum Gasteiger partial charge on any atom is 0.340 e. The highest BCUT2D eigenvalue weighted by Gasteiger charge is 2.41. The summed E-state index contributed by atoms with van der Waals surface area (Å²) in [6.07, 6.45) is 0.666. The van der Waals surface area contributed by atoms with Gasteiger partial charge in [-0.2, -0.15) is 0 Å². The van der Waals surface area contributed by atoms with E-state index in [-0.39, 0.29) is 28.5 Å². The number of thioether (sulfide) groups is 1. The van der Waals surface area contributed by atoms with Gasteiger partial charge in [-0.05, 0) is 67.8 Å². The molecule has 0 radical (unpaired) electrons. The Morgan fingerprint density at radius 3 is 2.34 bits per heavy atom. The third-order valence-corrected chi connectivity index (χ3v) is 6.67. The molecule has 0 atom stereocenters. The Labute approximate surface area is 209 Å². The maximum atomic E-state index is 13.7. The van der Waals surface area contributed by atoms with Crippen LogP contribution in [0, 0.1) is 13.8 Å². The van der Waals surface area contributed by atoms with Crippen molar-refractivity contribution in [1.29, 1.82) is 0 Å². The number of imide groups is 1. The van der Waals surface area contributed by atoms with Crippen LogP contribution in [0.5, 0.6) is 0 Å². The number of anilines is 2. The van der Waals surface area contributed by atoms with E-state index in [2.05, 4.69) is 5.32 Å². The predicted molar refractivity (Wildman–Crippen MR) is 138 cm³/mol. The Morgan fingerprint density at radius 2 is 1.63 bits per heavy atom. The number of para-hydroxylation sites is 1. The Balaban J connectivity index is 1.75. The standard InChI is InChI=1S/C28H26N2O4S/c1-4-16-34-28(33)22-12-8-9-13-23(22)30-26(31)24(29-20-15-14-18(2)19(3)17-20)25(27(30)32)35-21-10-6-5-7-11-21/h5-15,17,29H,4,16H2,1-3H3. The van der Waals surface area contributed by atoms with Crippen molar-refractivity contribution in [3.8, 4) is 0 Å². The lowest BCUT2D eigenvalue weighted by molar-refractivity contribution is -0.120. The van der Waals surface area contributed by atoms with Crippen LogP contribution >= 0.6 is 11.8 Å². The van der Waals surface area contributed by atoms with Crippen LogP contribution in [0.4, 0.5) is 11.4 Å². The number of rotatable bonds is 8.